The van der Waals surface area contributed by atoms with Crippen LogP contribution in [0.2, 0.25) is 0 Å². The molecule has 0 saturated heterocycles. The Hall–Kier alpha value is -3.47. The molecule has 0 bridgehead atoms. The Balaban J connectivity index is 1.89. The molecule has 1 aromatic heterocycles. The van der Waals surface area contributed by atoms with Crippen LogP contribution >= 0.6 is 0 Å². The van der Waals surface area contributed by atoms with E-state index in [4.69, 9.17) is 0 Å². The number of amides is 2. The Labute approximate surface area is 171 Å². The third-order valence-electron chi connectivity index (χ3n) is 4.68. The van der Waals surface area contributed by atoms with Crippen molar-refractivity contribution in [1.82, 2.24) is 15.2 Å². The van der Waals surface area contributed by atoms with Crippen molar-refractivity contribution in [2.24, 2.45) is 0 Å². The van der Waals surface area contributed by atoms with Crippen LogP contribution in [0.15, 0.2) is 85.2 Å². The lowest BCUT2D eigenvalue weighted by molar-refractivity contribution is -0.141. The first-order valence-corrected chi connectivity index (χ1v) is 9.74. The zero-order valence-corrected chi connectivity index (χ0v) is 16.5. The van der Waals surface area contributed by atoms with Gasteiger partial charge in [0.05, 0.1) is 0 Å². The fraction of sp³-hybridized carbons (Fsp3) is 0.208. The third-order valence-corrected chi connectivity index (χ3v) is 4.68. The highest BCUT2D eigenvalue weighted by molar-refractivity contribution is 5.88. The SMILES string of the molecule is CCC(=O)N(Cc1ccccc1)[C@H](C(=O)NCc1cccnc1)c1ccccc1. The van der Waals surface area contributed by atoms with Gasteiger partial charge in [-0.15, -0.1) is 0 Å². The lowest BCUT2D eigenvalue weighted by atomic mass is 10.0. The van der Waals surface area contributed by atoms with Crippen LogP contribution in [-0.2, 0) is 22.7 Å². The van der Waals surface area contributed by atoms with Gasteiger partial charge in [-0.2, -0.15) is 0 Å². The van der Waals surface area contributed by atoms with E-state index < -0.39 is 6.04 Å². The van der Waals surface area contributed by atoms with E-state index in [2.05, 4.69) is 10.3 Å². The summed E-state index contributed by atoms with van der Waals surface area (Å²) in [6, 6.07) is 22.2. The molecule has 0 unspecified atom stereocenters. The molecule has 1 heterocycles. The lowest BCUT2D eigenvalue weighted by Gasteiger charge is -2.31. The number of hydrogen-bond donors (Lipinski definition) is 1. The van der Waals surface area contributed by atoms with E-state index in [-0.39, 0.29) is 11.8 Å². The van der Waals surface area contributed by atoms with Gasteiger partial charge in [-0.25, -0.2) is 0 Å². The molecular formula is C24H25N3O2. The normalized spacial score (nSPS) is 11.5. The highest BCUT2D eigenvalue weighted by atomic mass is 16.2. The van der Waals surface area contributed by atoms with Gasteiger partial charge in [0.1, 0.15) is 6.04 Å². The summed E-state index contributed by atoms with van der Waals surface area (Å²) in [5.74, 6) is -0.281. The summed E-state index contributed by atoms with van der Waals surface area (Å²) in [7, 11) is 0. The van der Waals surface area contributed by atoms with Crippen molar-refractivity contribution in [2.45, 2.75) is 32.5 Å². The van der Waals surface area contributed by atoms with Crippen molar-refractivity contribution in [1.29, 1.82) is 0 Å². The third kappa shape index (κ3) is 5.51. The number of benzene rings is 2. The van der Waals surface area contributed by atoms with E-state index in [0.29, 0.717) is 19.5 Å². The van der Waals surface area contributed by atoms with Gasteiger partial charge in [0.15, 0.2) is 0 Å². The standard InChI is InChI=1S/C24H25N3O2/c1-2-22(28)27(18-19-10-5-3-6-11-19)23(21-13-7-4-8-14-21)24(29)26-17-20-12-9-15-25-16-20/h3-16,23H,2,17-18H2,1H3,(H,26,29)/t23-/m0/s1. The van der Waals surface area contributed by atoms with E-state index in [9.17, 15) is 9.59 Å². The number of rotatable bonds is 8. The average Bonchev–Trinajstić information content (AvgIpc) is 2.79. The van der Waals surface area contributed by atoms with Crippen LogP contribution in [0.3, 0.4) is 0 Å². The number of nitrogens with zero attached hydrogens (tertiary/aromatic N) is 2. The maximum Gasteiger partial charge on any atom is 0.247 e. The Morgan fingerprint density at radius 3 is 2.21 bits per heavy atom. The van der Waals surface area contributed by atoms with Gasteiger partial charge in [-0.1, -0.05) is 73.7 Å². The van der Waals surface area contributed by atoms with Crippen molar-refractivity contribution < 1.29 is 9.59 Å². The fourth-order valence-electron chi connectivity index (χ4n) is 3.20. The zero-order valence-electron chi connectivity index (χ0n) is 16.5. The first-order valence-electron chi connectivity index (χ1n) is 9.74. The Morgan fingerprint density at radius 2 is 1.59 bits per heavy atom. The molecule has 1 N–H and O–H groups in total. The molecular weight excluding hydrogens is 362 g/mol. The van der Waals surface area contributed by atoms with Crippen molar-refractivity contribution in [3.8, 4) is 0 Å². The van der Waals surface area contributed by atoms with E-state index >= 15 is 0 Å². The fourth-order valence-corrected chi connectivity index (χ4v) is 3.20. The van der Waals surface area contributed by atoms with E-state index in [1.807, 2.05) is 79.7 Å². The van der Waals surface area contributed by atoms with Crippen molar-refractivity contribution in [3.05, 3.63) is 102 Å². The monoisotopic (exact) mass is 387 g/mol. The maximum absolute atomic E-state index is 13.2. The van der Waals surface area contributed by atoms with E-state index in [1.54, 1.807) is 17.3 Å². The molecule has 148 valence electrons. The van der Waals surface area contributed by atoms with Crippen LogP contribution in [0.5, 0.6) is 0 Å². The molecule has 5 nitrogen and oxygen atoms in total. The minimum atomic E-state index is -0.708. The number of aromatic nitrogens is 1. The number of nitrogens with one attached hydrogen (secondary N) is 1. The van der Waals surface area contributed by atoms with Gasteiger partial charge in [0.2, 0.25) is 11.8 Å². The maximum atomic E-state index is 13.2. The van der Waals surface area contributed by atoms with Gasteiger partial charge in [0, 0.05) is 31.9 Å². The molecule has 0 spiro atoms. The molecule has 3 rings (SSSR count). The largest absolute Gasteiger partial charge is 0.350 e. The van der Waals surface area contributed by atoms with E-state index in [1.165, 1.54) is 0 Å². The van der Waals surface area contributed by atoms with Crippen molar-refractivity contribution in [2.75, 3.05) is 0 Å². The number of hydrogen-bond acceptors (Lipinski definition) is 3. The highest BCUT2D eigenvalue weighted by Gasteiger charge is 2.30. The van der Waals surface area contributed by atoms with E-state index in [0.717, 1.165) is 16.7 Å². The summed E-state index contributed by atoms with van der Waals surface area (Å²) in [6.07, 6.45) is 3.74. The summed E-state index contributed by atoms with van der Waals surface area (Å²) in [4.78, 5) is 31.8. The van der Waals surface area contributed by atoms with Gasteiger partial charge in [-0.05, 0) is 22.8 Å². The molecule has 0 saturated carbocycles. The van der Waals surface area contributed by atoms with Crippen LogP contribution in [0.25, 0.3) is 0 Å². The molecule has 0 aliphatic heterocycles. The smallest absolute Gasteiger partial charge is 0.247 e. The summed E-state index contributed by atoms with van der Waals surface area (Å²) in [5.41, 5.74) is 2.67. The van der Waals surface area contributed by atoms with Crippen LogP contribution in [0.4, 0.5) is 0 Å². The molecule has 2 amide bonds. The predicted octanol–water partition coefficient (Wildman–Crippen LogP) is 3.88. The summed E-state index contributed by atoms with van der Waals surface area (Å²) >= 11 is 0. The molecule has 2 aromatic carbocycles. The molecule has 0 aliphatic rings. The topological polar surface area (TPSA) is 62.3 Å². The molecule has 0 fully saturated rings. The Bertz CT molecular complexity index is 915. The molecule has 29 heavy (non-hydrogen) atoms. The molecule has 1 atom stereocenters. The van der Waals surface area contributed by atoms with Gasteiger partial charge < -0.3 is 10.2 Å². The molecule has 3 aromatic rings. The van der Waals surface area contributed by atoms with Crippen LogP contribution in [-0.4, -0.2) is 21.7 Å². The quantitative estimate of drug-likeness (QED) is 0.638. The molecule has 5 heteroatoms. The summed E-state index contributed by atoms with van der Waals surface area (Å²) < 4.78 is 0. The van der Waals surface area contributed by atoms with Crippen molar-refractivity contribution in [3.63, 3.8) is 0 Å². The minimum absolute atomic E-state index is 0.0702. The average molecular weight is 387 g/mol. The van der Waals surface area contributed by atoms with Gasteiger partial charge in [0.25, 0.3) is 0 Å². The van der Waals surface area contributed by atoms with Crippen LogP contribution in [0, 0.1) is 0 Å². The predicted molar refractivity (Wildman–Crippen MR) is 113 cm³/mol. The number of carbonyl (C=O) groups excluding carboxylic acids is 2. The van der Waals surface area contributed by atoms with Crippen LogP contribution < -0.4 is 5.32 Å². The zero-order chi connectivity index (χ0) is 20.5. The van der Waals surface area contributed by atoms with Crippen LogP contribution in [0.1, 0.15) is 36.1 Å². The molecule has 0 radical (unpaired) electrons. The molecule has 0 aliphatic carbocycles. The lowest BCUT2D eigenvalue weighted by Crippen LogP contribution is -2.43. The Kier molecular flexibility index (Phi) is 7.11. The summed E-state index contributed by atoms with van der Waals surface area (Å²) in [6.45, 7) is 2.54. The van der Waals surface area contributed by atoms with Gasteiger partial charge in [-0.3, -0.25) is 14.6 Å². The highest BCUT2D eigenvalue weighted by Crippen LogP contribution is 2.24. The van der Waals surface area contributed by atoms with Crippen molar-refractivity contribution >= 4 is 11.8 Å². The second-order valence-corrected chi connectivity index (χ2v) is 6.75. The summed E-state index contributed by atoms with van der Waals surface area (Å²) in [5, 5.41) is 2.97. The number of pyridine rings is 1. The minimum Gasteiger partial charge on any atom is -0.350 e. The Morgan fingerprint density at radius 1 is 0.931 bits per heavy atom. The van der Waals surface area contributed by atoms with Gasteiger partial charge >= 0.3 is 0 Å². The number of carbonyl (C=O) groups is 2. The first-order chi connectivity index (χ1) is 14.2. The first kappa shape index (κ1) is 20.3. The second kappa shape index (κ2) is 10.2. The second-order valence-electron chi connectivity index (χ2n) is 6.75.